The van der Waals surface area contributed by atoms with E-state index in [9.17, 15) is 4.79 Å². The molecule has 0 saturated carbocycles. The Labute approximate surface area is 184 Å². The van der Waals surface area contributed by atoms with Gasteiger partial charge in [0.15, 0.2) is 6.29 Å². The van der Waals surface area contributed by atoms with Crippen molar-refractivity contribution in [2.24, 2.45) is 5.92 Å². The number of piperidine rings is 1. The molecule has 0 atom stereocenters. The molecule has 3 aromatic rings. The van der Waals surface area contributed by atoms with Gasteiger partial charge in [-0.05, 0) is 43.5 Å². The number of ether oxygens (including phenoxy) is 2. The number of hydrogen-bond acceptors (Lipinski definition) is 5. The standard InChI is InChI=1S/C22H24ClN3O3S/c1-14-18-12-19(20(27)25-8-6-16(7-9-25)22-28-10-11-29-22)30-21(18)26(24-14)13-15-2-4-17(23)5-3-15/h2-5,12,16,22H,6-11,13H2,1H3. The lowest BCUT2D eigenvalue weighted by molar-refractivity contribution is -0.0955. The third-order valence-electron chi connectivity index (χ3n) is 5.92. The number of hydrogen-bond donors (Lipinski definition) is 0. The highest BCUT2D eigenvalue weighted by atomic mass is 35.5. The first-order valence-corrected chi connectivity index (χ1v) is 11.5. The molecule has 1 aromatic carbocycles. The summed E-state index contributed by atoms with van der Waals surface area (Å²) in [4.78, 5) is 16.9. The van der Waals surface area contributed by atoms with Crippen LogP contribution >= 0.6 is 22.9 Å². The Hall–Kier alpha value is -1.93. The van der Waals surface area contributed by atoms with Gasteiger partial charge in [0.05, 0.1) is 30.3 Å². The molecule has 0 bridgehead atoms. The van der Waals surface area contributed by atoms with Gasteiger partial charge < -0.3 is 14.4 Å². The fraction of sp³-hybridized carbons (Fsp3) is 0.455. The summed E-state index contributed by atoms with van der Waals surface area (Å²) in [5.74, 6) is 0.495. The summed E-state index contributed by atoms with van der Waals surface area (Å²) in [7, 11) is 0. The number of amides is 1. The Morgan fingerprint density at radius 1 is 1.20 bits per heavy atom. The minimum absolute atomic E-state index is 0.0897. The van der Waals surface area contributed by atoms with Crippen LogP contribution in [0.1, 0.15) is 33.8 Å². The number of aromatic nitrogens is 2. The number of aryl methyl sites for hydroxylation is 1. The van der Waals surface area contributed by atoms with Crippen LogP contribution in [0.2, 0.25) is 5.02 Å². The number of benzene rings is 1. The highest BCUT2D eigenvalue weighted by Crippen LogP contribution is 2.32. The molecule has 0 radical (unpaired) electrons. The van der Waals surface area contributed by atoms with Gasteiger partial charge in [-0.1, -0.05) is 23.7 Å². The Balaban J connectivity index is 1.31. The van der Waals surface area contributed by atoms with Gasteiger partial charge in [0.2, 0.25) is 0 Å². The van der Waals surface area contributed by atoms with Crippen LogP contribution in [0.3, 0.4) is 0 Å². The zero-order valence-corrected chi connectivity index (χ0v) is 18.4. The second-order valence-corrected chi connectivity index (χ2v) is 9.41. The second kappa shape index (κ2) is 8.30. The Morgan fingerprint density at radius 3 is 2.60 bits per heavy atom. The van der Waals surface area contributed by atoms with E-state index in [0.29, 0.717) is 25.7 Å². The van der Waals surface area contributed by atoms with Gasteiger partial charge in [-0.25, -0.2) is 0 Å². The quantitative estimate of drug-likeness (QED) is 0.599. The number of thiophene rings is 1. The van der Waals surface area contributed by atoms with Crippen LogP contribution in [-0.4, -0.2) is 53.2 Å². The highest BCUT2D eigenvalue weighted by Gasteiger charge is 2.32. The van der Waals surface area contributed by atoms with Crippen molar-refractivity contribution in [2.45, 2.75) is 32.6 Å². The maximum absolute atomic E-state index is 13.1. The number of carbonyl (C=O) groups is 1. The summed E-state index contributed by atoms with van der Waals surface area (Å²) in [6, 6.07) is 9.79. The SMILES string of the molecule is Cc1nn(Cc2ccc(Cl)cc2)c2sc(C(=O)N3CCC(C4OCCO4)CC3)cc12. The van der Waals surface area contributed by atoms with Gasteiger partial charge in [0.1, 0.15) is 4.83 Å². The molecule has 30 heavy (non-hydrogen) atoms. The summed E-state index contributed by atoms with van der Waals surface area (Å²) < 4.78 is 13.3. The number of carbonyl (C=O) groups excluding carboxylic acids is 1. The first-order valence-electron chi connectivity index (χ1n) is 10.3. The van der Waals surface area contributed by atoms with Gasteiger partial charge in [-0.3, -0.25) is 9.48 Å². The van der Waals surface area contributed by atoms with Crippen molar-refractivity contribution in [3.8, 4) is 0 Å². The molecule has 4 heterocycles. The van der Waals surface area contributed by atoms with E-state index in [1.807, 2.05) is 46.8 Å². The molecule has 5 rings (SSSR count). The Morgan fingerprint density at radius 2 is 1.90 bits per heavy atom. The van der Waals surface area contributed by atoms with Crippen molar-refractivity contribution < 1.29 is 14.3 Å². The van der Waals surface area contributed by atoms with E-state index >= 15 is 0 Å². The minimum atomic E-state index is -0.0897. The van der Waals surface area contributed by atoms with Crippen LogP contribution in [0.15, 0.2) is 30.3 Å². The number of rotatable bonds is 4. The molecule has 0 unspecified atom stereocenters. The van der Waals surface area contributed by atoms with Gasteiger partial charge in [-0.15, -0.1) is 11.3 Å². The van der Waals surface area contributed by atoms with E-state index in [1.54, 1.807) is 0 Å². The maximum Gasteiger partial charge on any atom is 0.264 e. The largest absolute Gasteiger partial charge is 0.350 e. The fourth-order valence-corrected chi connectivity index (χ4v) is 5.52. The summed E-state index contributed by atoms with van der Waals surface area (Å²) in [5.41, 5.74) is 2.08. The molecule has 2 fully saturated rings. The third kappa shape index (κ3) is 3.87. The number of nitrogens with zero attached hydrogens (tertiary/aromatic N) is 3. The van der Waals surface area contributed by atoms with E-state index in [0.717, 1.165) is 57.3 Å². The van der Waals surface area contributed by atoms with E-state index < -0.39 is 0 Å². The first-order chi connectivity index (χ1) is 14.6. The smallest absolute Gasteiger partial charge is 0.264 e. The minimum Gasteiger partial charge on any atom is -0.350 e. The van der Waals surface area contributed by atoms with Gasteiger partial charge in [-0.2, -0.15) is 5.10 Å². The molecule has 0 spiro atoms. The van der Waals surface area contributed by atoms with Crippen molar-refractivity contribution in [3.63, 3.8) is 0 Å². The molecule has 8 heteroatoms. The van der Waals surface area contributed by atoms with E-state index in [1.165, 1.54) is 11.3 Å². The average molecular weight is 446 g/mol. The summed E-state index contributed by atoms with van der Waals surface area (Å²) in [6.45, 7) is 5.50. The number of fused-ring (bicyclic) bond motifs is 1. The summed E-state index contributed by atoms with van der Waals surface area (Å²) >= 11 is 7.52. The number of halogens is 1. The lowest BCUT2D eigenvalue weighted by Gasteiger charge is -2.33. The maximum atomic E-state index is 13.1. The van der Waals surface area contributed by atoms with E-state index in [4.69, 9.17) is 21.1 Å². The normalized spacial score (nSPS) is 18.5. The molecule has 2 aliphatic rings. The predicted octanol–water partition coefficient (Wildman–Crippen LogP) is 4.33. The topological polar surface area (TPSA) is 56.6 Å². The molecule has 158 valence electrons. The highest BCUT2D eigenvalue weighted by molar-refractivity contribution is 7.20. The van der Waals surface area contributed by atoms with Crippen molar-refractivity contribution in [2.75, 3.05) is 26.3 Å². The third-order valence-corrected chi connectivity index (χ3v) is 7.31. The number of likely N-dealkylation sites (tertiary alicyclic amines) is 1. The Kier molecular flexibility index (Phi) is 5.54. The van der Waals surface area contributed by atoms with Crippen molar-refractivity contribution in [1.82, 2.24) is 14.7 Å². The van der Waals surface area contributed by atoms with Crippen LogP contribution in [0.4, 0.5) is 0 Å². The van der Waals surface area contributed by atoms with Gasteiger partial charge >= 0.3 is 0 Å². The molecular formula is C22H24ClN3O3S. The zero-order valence-electron chi connectivity index (χ0n) is 16.8. The first kappa shape index (κ1) is 20.0. The molecule has 1 amide bonds. The van der Waals surface area contributed by atoms with Crippen LogP contribution in [0.5, 0.6) is 0 Å². The van der Waals surface area contributed by atoms with Gasteiger partial charge in [0.25, 0.3) is 5.91 Å². The summed E-state index contributed by atoms with van der Waals surface area (Å²) in [5, 5.41) is 6.45. The van der Waals surface area contributed by atoms with Crippen LogP contribution < -0.4 is 0 Å². The summed E-state index contributed by atoms with van der Waals surface area (Å²) in [6.07, 6.45) is 1.75. The van der Waals surface area contributed by atoms with Gasteiger partial charge in [0, 0.05) is 29.4 Å². The second-order valence-electron chi connectivity index (χ2n) is 7.94. The van der Waals surface area contributed by atoms with E-state index in [2.05, 4.69) is 5.10 Å². The monoisotopic (exact) mass is 445 g/mol. The van der Waals surface area contributed by atoms with Crippen molar-refractivity contribution in [3.05, 3.63) is 51.5 Å². The van der Waals surface area contributed by atoms with Crippen molar-refractivity contribution >= 4 is 39.1 Å². The van der Waals surface area contributed by atoms with Crippen LogP contribution in [-0.2, 0) is 16.0 Å². The fourth-order valence-electron chi connectivity index (χ4n) is 4.27. The Bertz CT molecular complexity index is 1050. The van der Waals surface area contributed by atoms with Crippen LogP contribution in [0.25, 0.3) is 10.2 Å². The zero-order chi connectivity index (χ0) is 20.7. The van der Waals surface area contributed by atoms with Crippen molar-refractivity contribution in [1.29, 1.82) is 0 Å². The average Bonchev–Trinajstić information content (AvgIpc) is 3.49. The van der Waals surface area contributed by atoms with E-state index in [-0.39, 0.29) is 12.2 Å². The molecule has 0 aliphatic carbocycles. The lowest BCUT2D eigenvalue weighted by Crippen LogP contribution is -2.41. The molecular weight excluding hydrogens is 422 g/mol. The molecule has 0 N–H and O–H groups in total. The molecule has 2 saturated heterocycles. The predicted molar refractivity (Wildman–Crippen MR) is 117 cm³/mol. The molecule has 6 nitrogen and oxygen atoms in total. The lowest BCUT2D eigenvalue weighted by atomic mass is 9.96. The molecule has 2 aliphatic heterocycles. The molecule has 2 aromatic heterocycles. The van der Waals surface area contributed by atoms with Crippen LogP contribution in [0, 0.1) is 12.8 Å².